The van der Waals surface area contributed by atoms with E-state index in [2.05, 4.69) is 15.5 Å². The summed E-state index contributed by atoms with van der Waals surface area (Å²) in [5.74, 6) is 0.228. The van der Waals surface area contributed by atoms with Crippen LogP contribution in [0.1, 0.15) is 24.8 Å². The first kappa shape index (κ1) is 18.3. The number of likely N-dealkylation sites (tertiary alicyclic amines) is 1. The second kappa shape index (κ2) is 8.68. The summed E-state index contributed by atoms with van der Waals surface area (Å²) >= 11 is 0. The van der Waals surface area contributed by atoms with E-state index < -0.39 is 0 Å². The van der Waals surface area contributed by atoms with Gasteiger partial charge >= 0.3 is 6.03 Å². The van der Waals surface area contributed by atoms with Crippen molar-refractivity contribution in [1.29, 1.82) is 0 Å². The Morgan fingerprint density at radius 3 is 2.88 bits per heavy atom. The van der Waals surface area contributed by atoms with Gasteiger partial charge in [-0.2, -0.15) is 0 Å². The SMILES string of the molecule is Cc1cccc(NC(=O)NCC[C@@H]2CCC(=O)N2CCN(C)C)c1. The lowest BCUT2D eigenvalue weighted by Gasteiger charge is -2.26. The Hall–Kier alpha value is -2.08. The zero-order valence-electron chi connectivity index (χ0n) is 14.8. The number of hydrogen-bond acceptors (Lipinski definition) is 3. The molecular formula is C18H28N4O2. The van der Waals surface area contributed by atoms with E-state index in [-0.39, 0.29) is 18.0 Å². The molecule has 1 aliphatic rings. The van der Waals surface area contributed by atoms with Crippen LogP contribution < -0.4 is 10.6 Å². The Kier molecular flexibility index (Phi) is 6.61. The molecule has 3 amide bonds. The Morgan fingerprint density at radius 2 is 2.17 bits per heavy atom. The third kappa shape index (κ3) is 5.53. The summed E-state index contributed by atoms with van der Waals surface area (Å²) in [4.78, 5) is 28.0. The van der Waals surface area contributed by atoms with E-state index in [0.29, 0.717) is 13.0 Å². The van der Waals surface area contributed by atoms with Gasteiger partial charge in [-0.25, -0.2) is 4.79 Å². The second-order valence-electron chi connectivity index (χ2n) is 6.62. The van der Waals surface area contributed by atoms with Crippen LogP contribution in [-0.2, 0) is 4.79 Å². The first-order valence-electron chi connectivity index (χ1n) is 8.51. The summed E-state index contributed by atoms with van der Waals surface area (Å²) in [6.07, 6.45) is 2.29. The zero-order chi connectivity index (χ0) is 17.5. The molecule has 6 nitrogen and oxygen atoms in total. The normalized spacial score (nSPS) is 17.4. The molecular weight excluding hydrogens is 304 g/mol. The van der Waals surface area contributed by atoms with E-state index in [9.17, 15) is 9.59 Å². The number of carbonyl (C=O) groups excluding carboxylic acids is 2. The number of likely N-dealkylation sites (N-methyl/N-ethyl adjacent to an activating group) is 1. The maximum absolute atomic E-state index is 12.0. The molecule has 0 aliphatic carbocycles. The van der Waals surface area contributed by atoms with E-state index in [4.69, 9.17) is 0 Å². The number of rotatable bonds is 7. The van der Waals surface area contributed by atoms with Gasteiger partial charge in [0.1, 0.15) is 0 Å². The largest absolute Gasteiger partial charge is 0.338 e. The molecule has 0 bridgehead atoms. The maximum Gasteiger partial charge on any atom is 0.319 e. The highest BCUT2D eigenvalue weighted by Gasteiger charge is 2.30. The number of urea groups is 1. The standard InChI is InChI=1S/C18H28N4O2/c1-14-5-4-6-15(13-14)20-18(24)19-10-9-16-7-8-17(23)22(16)12-11-21(2)3/h4-6,13,16H,7-12H2,1-3H3,(H2,19,20,24)/t16-/m0/s1. The van der Waals surface area contributed by atoms with Crippen LogP contribution in [0.25, 0.3) is 0 Å². The van der Waals surface area contributed by atoms with Gasteiger partial charge < -0.3 is 20.4 Å². The van der Waals surface area contributed by atoms with E-state index in [1.54, 1.807) is 0 Å². The quantitative estimate of drug-likeness (QED) is 0.803. The van der Waals surface area contributed by atoms with Gasteiger partial charge in [0.05, 0.1) is 0 Å². The van der Waals surface area contributed by atoms with Crippen LogP contribution in [0.3, 0.4) is 0 Å². The molecule has 2 N–H and O–H groups in total. The first-order chi connectivity index (χ1) is 11.5. The van der Waals surface area contributed by atoms with Crippen molar-refractivity contribution in [2.45, 2.75) is 32.2 Å². The third-order valence-electron chi connectivity index (χ3n) is 4.28. The molecule has 1 heterocycles. The zero-order valence-corrected chi connectivity index (χ0v) is 14.8. The minimum Gasteiger partial charge on any atom is -0.338 e. The van der Waals surface area contributed by atoms with Gasteiger partial charge in [0, 0.05) is 37.8 Å². The predicted molar refractivity (Wildman–Crippen MR) is 96.1 cm³/mol. The Bertz CT molecular complexity index is 574. The lowest BCUT2D eigenvalue weighted by Crippen LogP contribution is -2.40. The van der Waals surface area contributed by atoms with E-state index in [1.807, 2.05) is 50.2 Å². The van der Waals surface area contributed by atoms with Crippen molar-refractivity contribution in [2.24, 2.45) is 0 Å². The summed E-state index contributed by atoms with van der Waals surface area (Å²) in [5.41, 5.74) is 1.89. The van der Waals surface area contributed by atoms with Crippen molar-refractivity contribution < 1.29 is 9.59 Å². The van der Waals surface area contributed by atoms with Crippen LogP contribution in [0.4, 0.5) is 10.5 Å². The lowest BCUT2D eigenvalue weighted by molar-refractivity contribution is -0.129. The minimum absolute atomic E-state index is 0.204. The fourth-order valence-electron chi connectivity index (χ4n) is 2.96. The van der Waals surface area contributed by atoms with Gasteiger partial charge in [0.25, 0.3) is 0 Å². The van der Waals surface area contributed by atoms with Crippen LogP contribution in [0.5, 0.6) is 0 Å². The fraction of sp³-hybridized carbons (Fsp3) is 0.556. The van der Waals surface area contributed by atoms with Crippen LogP contribution in [0.15, 0.2) is 24.3 Å². The van der Waals surface area contributed by atoms with E-state index in [0.717, 1.165) is 37.2 Å². The Labute approximate surface area is 144 Å². The number of aryl methyl sites for hydroxylation is 1. The Balaban J connectivity index is 1.74. The highest BCUT2D eigenvalue weighted by molar-refractivity contribution is 5.89. The fourth-order valence-corrected chi connectivity index (χ4v) is 2.96. The summed E-state index contributed by atoms with van der Waals surface area (Å²) in [6.45, 7) is 4.17. The average molecular weight is 332 g/mol. The molecule has 24 heavy (non-hydrogen) atoms. The highest BCUT2D eigenvalue weighted by Crippen LogP contribution is 2.20. The van der Waals surface area contributed by atoms with Crippen molar-refractivity contribution in [3.05, 3.63) is 29.8 Å². The van der Waals surface area contributed by atoms with Crippen molar-refractivity contribution in [3.8, 4) is 0 Å². The number of hydrogen-bond donors (Lipinski definition) is 2. The molecule has 1 aromatic rings. The number of anilines is 1. The lowest BCUT2D eigenvalue weighted by atomic mass is 10.1. The van der Waals surface area contributed by atoms with Crippen molar-refractivity contribution >= 4 is 17.6 Å². The second-order valence-corrected chi connectivity index (χ2v) is 6.62. The number of carbonyl (C=O) groups is 2. The highest BCUT2D eigenvalue weighted by atomic mass is 16.2. The molecule has 2 rings (SSSR count). The van der Waals surface area contributed by atoms with Crippen molar-refractivity contribution in [2.75, 3.05) is 39.0 Å². The van der Waals surface area contributed by atoms with Gasteiger partial charge in [-0.05, 0) is 51.6 Å². The molecule has 6 heteroatoms. The van der Waals surface area contributed by atoms with Gasteiger partial charge in [0.2, 0.25) is 5.91 Å². The molecule has 0 spiro atoms. The summed E-state index contributed by atoms with van der Waals surface area (Å²) < 4.78 is 0. The minimum atomic E-state index is -0.204. The van der Waals surface area contributed by atoms with E-state index in [1.165, 1.54) is 0 Å². The monoisotopic (exact) mass is 332 g/mol. The molecule has 1 fully saturated rings. The first-order valence-corrected chi connectivity index (χ1v) is 8.51. The van der Waals surface area contributed by atoms with Gasteiger partial charge in [-0.1, -0.05) is 12.1 Å². The number of nitrogens with zero attached hydrogens (tertiary/aromatic N) is 2. The van der Waals surface area contributed by atoms with Gasteiger partial charge in [-0.3, -0.25) is 4.79 Å². The van der Waals surface area contributed by atoms with Crippen LogP contribution in [0, 0.1) is 6.92 Å². The summed E-state index contributed by atoms with van der Waals surface area (Å²) in [7, 11) is 4.01. The third-order valence-corrected chi connectivity index (χ3v) is 4.28. The van der Waals surface area contributed by atoms with E-state index >= 15 is 0 Å². The predicted octanol–water partition coefficient (Wildman–Crippen LogP) is 2.06. The molecule has 0 saturated carbocycles. The molecule has 1 atom stereocenters. The molecule has 0 radical (unpaired) electrons. The topological polar surface area (TPSA) is 64.7 Å². The average Bonchev–Trinajstić information content (AvgIpc) is 2.85. The van der Waals surface area contributed by atoms with Crippen molar-refractivity contribution in [1.82, 2.24) is 15.1 Å². The van der Waals surface area contributed by atoms with Gasteiger partial charge in [-0.15, -0.1) is 0 Å². The number of benzene rings is 1. The summed E-state index contributed by atoms with van der Waals surface area (Å²) in [5, 5.41) is 5.71. The maximum atomic E-state index is 12.0. The molecule has 0 aromatic heterocycles. The molecule has 132 valence electrons. The van der Waals surface area contributed by atoms with Crippen molar-refractivity contribution in [3.63, 3.8) is 0 Å². The smallest absolute Gasteiger partial charge is 0.319 e. The Morgan fingerprint density at radius 1 is 1.38 bits per heavy atom. The van der Waals surface area contributed by atoms with Crippen LogP contribution in [-0.4, -0.2) is 61.5 Å². The summed E-state index contributed by atoms with van der Waals surface area (Å²) in [6, 6.07) is 7.73. The van der Waals surface area contributed by atoms with Gasteiger partial charge in [0.15, 0.2) is 0 Å². The number of nitrogens with one attached hydrogen (secondary N) is 2. The molecule has 1 aromatic carbocycles. The molecule has 1 aliphatic heterocycles. The molecule has 0 unspecified atom stereocenters. The van der Waals surface area contributed by atoms with Crippen LogP contribution in [0.2, 0.25) is 0 Å². The number of amides is 3. The molecule has 1 saturated heterocycles. The van der Waals surface area contributed by atoms with Crippen LogP contribution >= 0.6 is 0 Å².